The Labute approximate surface area is 154 Å². The van der Waals surface area contributed by atoms with Crippen molar-refractivity contribution in [2.75, 3.05) is 6.54 Å². The van der Waals surface area contributed by atoms with Crippen LogP contribution < -0.4 is 5.73 Å². The molecule has 8 heteroatoms. The molecule has 4 rings (SSSR count). The maximum Gasteiger partial charge on any atom is 0.258 e. The number of aryl methyl sites for hydroxylation is 1. The third kappa shape index (κ3) is 3.08. The Morgan fingerprint density at radius 3 is 2.88 bits per heavy atom. The number of hydrogen-bond donors (Lipinski definition) is 1. The summed E-state index contributed by atoms with van der Waals surface area (Å²) in [6, 6.07) is 11.4. The van der Waals surface area contributed by atoms with Gasteiger partial charge >= 0.3 is 0 Å². The van der Waals surface area contributed by atoms with Gasteiger partial charge in [0.1, 0.15) is 5.52 Å². The van der Waals surface area contributed by atoms with Gasteiger partial charge in [0, 0.05) is 17.8 Å². The van der Waals surface area contributed by atoms with Crippen molar-refractivity contribution in [3.63, 3.8) is 0 Å². The molecule has 0 spiro atoms. The first kappa shape index (κ1) is 16.7. The molecule has 1 atom stereocenters. The number of amides is 2. The maximum absolute atomic E-state index is 12.8. The highest BCUT2D eigenvalue weighted by Crippen LogP contribution is 2.36. The molecule has 1 fully saturated rings. The molecule has 1 aliphatic heterocycles. The average molecular weight is 369 g/mol. The minimum atomic E-state index is -0.421. The fourth-order valence-corrected chi connectivity index (χ4v) is 4.46. The van der Waals surface area contributed by atoms with Gasteiger partial charge in [0.25, 0.3) is 5.91 Å². The summed E-state index contributed by atoms with van der Waals surface area (Å²) in [4.78, 5) is 27.6. The lowest BCUT2D eigenvalue weighted by molar-refractivity contribution is -0.132. The number of hydrogen-bond acceptors (Lipinski definition) is 5. The van der Waals surface area contributed by atoms with Crippen molar-refractivity contribution in [1.82, 2.24) is 19.9 Å². The van der Waals surface area contributed by atoms with Crippen LogP contribution in [0.3, 0.4) is 0 Å². The number of para-hydroxylation sites is 1. The number of benzene rings is 1. The zero-order valence-corrected chi connectivity index (χ0v) is 15.0. The van der Waals surface area contributed by atoms with E-state index in [1.165, 1.54) is 11.3 Å². The molecule has 2 amide bonds. The van der Waals surface area contributed by atoms with Gasteiger partial charge in [-0.15, -0.1) is 16.4 Å². The fourth-order valence-electron chi connectivity index (χ4n) is 3.45. The zero-order chi connectivity index (χ0) is 18.1. The maximum atomic E-state index is 12.8. The van der Waals surface area contributed by atoms with Gasteiger partial charge in [-0.2, -0.15) is 0 Å². The van der Waals surface area contributed by atoms with E-state index in [-0.39, 0.29) is 11.9 Å². The third-order valence-corrected chi connectivity index (χ3v) is 5.93. The van der Waals surface area contributed by atoms with Crippen molar-refractivity contribution < 1.29 is 9.59 Å². The number of primary amides is 1. The fraction of sp³-hybridized carbons (Fsp3) is 0.333. The van der Waals surface area contributed by atoms with Gasteiger partial charge in [-0.25, -0.2) is 4.68 Å². The number of carbonyl (C=O) groups is 2. The van der Waals surface area contributed by atoms with Crippen LogP contribution in [0.5, 0.6) is 0 Å². The molecule has 2 aromatic heterocycles. The van der Waals surface area contributed by atoms with Crippen LogP contribution in [0.15, 0.2) is 36.4 Å². The van der Waals surface area contributed by atoms with Gasteiger partial charge in [0.05, 0.1) is 23.0 Å². The minimum Gasteiger partial charge on any atom is -0.365 e. The van der Waals surface area contributed by atoms with Crippen molar-refractivity contribution in [2.45, 2.75) is 31.8 Å². The van der Waals surface area contributed by atoms with Gasteiger partial charge in [-0.3, -0.25) is 9.59 Å². The lowest BCUT2D eigenvalue weighted by atomic mass is 10.2. The standard InChI is InChI=1S/C18H19N5O2S/c19-18(25)16-8-7-15(26-16)14-6-3-10-22(14)17(24)9-11-23-13-5-2-1-4-12(13)20-21-23/h1-2,4-5,7-8,14H,3,6,9-11H2,(H2,19,25). The molecule has 3 aromatic rings. The van der Waals surface area contributed by atoms with Gasteiger partial charge < -0.3 is 10.6 Å². The molecule has 1 unspecified atom stereocenters. The Balaban J connectivity index is 1.45. The molecule has 2 N–H and O–H groups in total. The van der Waals surface area contributed by atoms with E-state index in [4.69, 9.17) is 5.73 Å². The first-order chi connectivity index (χ1) is 12.6. The summed E-state index contributed by atoms with van der Waals surface area (Å²) >= 11 is 1.38. The number of thiophene rings is 1. The molecule has 7 nitrogen and oxygen atoms in total. The minimum absolute atomic E-state index is 0.0353. The van der Waals surface area contributed by atoms with Crippen molar-refractivity contribution in [3.8, 4) is 0 Å². The van der Waals surface area contributed by atoms with Crippen molar-refractivity contribution >= 4 is 34.2 Å². The molecule has 0 radical (unpaired) electrons. The van der Waals surface area contributed by atoms with Crippen LogP contribution in [-0.4, -0.2) is 38.3 Å². The highest BCUT2D eigenvalue weighted by molar-refractivity contribution is 7.14. The number of likely N-dealkylation sites (tertiary alicyclic amines) is 1. The number of aromatic nitrogens is 3. The molecule has 1 aromatic carbocycles. The SMILES string of the molecule is NC(=O)c1ccc(C2CCCN2C(=O)CCn2nnc3ccccc32)s1. The summed E-state index contributed by atoms with van der Waals surface area (Å²) in [5, 5.41) is 8.26. The number of carbonyl (C=O) groups excluding carboxylic acids is 2. The second-order valence-corrected chi connectivity index (χ2v) is 7.48. The number of nitrogens with zero attached hydrogens (tertiary/aromatic N) is 4. The van der Waals surface area contributed by atoms with E-state index in [0.717, 1.165) is 35.3 Å². The van der Waals surface area contributed by atoms with E-state index < -0.39 is 5.91 Å². The molecular weight excluding hydrogens is 350 g/mol. The van der Waals surface area contributed by atoms with E-state index >= 15 is 0 Å². The van der Waals surface area contributed by atoms with Crippen molar-refractivity contribution in [1.29, 1.82) is 0 Å². The highest BCUT2D eigenvalue weighted by atomic mass is 32.1. The summed E-state index contributed by atoms with van der Waals surface area (Å²) in [5.74, 6) is -0.323. The van der Waals surface area contributed by atoms with Crippen molar-refractivity contribution in [2.24, 2.45) is 5.73 Å². The average Bonchev–Trinajstić information content (AvgIpc) is 3.37. The Kier molecular flexibility index (Phi) is 4.42. The summed E-state index contributed by atoms with van der Waals surface area (Å²) in [6.45, 7) is 1.24. The van der Waals surface area contributed by atoms with E-state index in [1.54, 1.807) is 10.7 Å². The molecule has 1 aliphatic rings. The lowest BCUT2D eigenvalue weighted by Crippen LogP contribution is -2.30. The van der Waals surface area contributed by atoms with E-state index in [1.807, 2.05) is 35.2 Å². The normalized spacial score (nSPS) is 17.1. The largest absolute Gasteiger partial charge is 0.365 e. The van der Waals surface area contributed by atoms with Crippen LogP contribution in [0.4, 0.5) is 0 Å². The Morgan fingerprint density at radius 2 is 2.08 bits per heavy atom. The Bertz CT molecular complexity index is 963. The van der Waals surface area contributed by atoms with Crippen LogP contribution in [0, 0.1) is 0 Å². The Morgan fingerprint density at radius 1 is 1.23 bits per heavy atom. The van der Waals surface area contributed by atoms with Crippen LogP contribution in [0.2, 0.25) is 0 Å². The molecular formula is C18H19N5O2S. The van der Waals surface area contributed by atoms with Gasteiger partial charge in [-0.05, 0) is 37.1 Å². The third-order valence-electron chi connectivity index (χ3n) is 4.73. The number of rotatable bonds is 5. The van der Waals surface area contributed by atoms with E-state index in [2.05, 4.69) is 10.3 Å². The lowest BCUT2D eigenvalue weighted by Gasteiger charge is -2.24. The summed E-state index contributed by atoms with van der Waals surface area (Å²) < 4.78 is 1.77. The highest BCUT2D eigenvalue weighted by Gasteiger charge is 2.31. The van der Waals surface area contributed by atoms with Crippen LogP contribution in [0.25, 0.3) is 11.0 Å². The first-order valence-electron chi connectivity index (χ1n) is 8.61. The summed E-state index contributed by atoms with van der Waals surface area (Å²) in [6.07, 6.45) is 2.25. The molecule has 0 bridgehead atoms. The van der Waals surface area contributed by atoms with E-state index in [9.17, 15) is 9.59 Å². The predicted octanol–water partition coefficient (Wildman–Crippen LogP) is 2.35. The molecule has 3 heterocycles. The second kappa shape index (κ2) is 6.87. The molecule has 26 heavy (non-hydrogen) atoms. The van der Waals surface area contributed by atoms with Gasteiger partial charge in [-0.1, -0.05) is 17.3 Å². The zero-order valence-electron chi connectivity index (χ0n) is 14.2. The summed E-state index contributed by atoms with van der Waals surface area (Å²) in [7, 11) is 0. The molecule has 0 aliphatic carbocycles. The second-order valence-electron chi connectivity index (χ2n) is 6.36. The summed E-state index contributed by atoms with van der Waals surface area (Å²) in [5.41, 5.74) is 7.11. The van der Waals surface area contributed by atoms with Crippen molar-refractivity contribution in [3.05, 3.63) is 46.2 Å². The predicted molar refractivity (Wildman–Crippen MR) is 98.7 cm³/mol. The monoisotopic (exact) mass is 369 g/mol. The number of fused-ring (bicyclic) bond motifs is 1. The van der Waals surface area contributed by atoms with E-state index in [0.29, 0.717) is 17.8 Å². The molecule has 134 valence electrons. The smallest absolute Gasteiger partial charge is 0.258 e. The van der Waals surface area contributed by atoms with Gasteiger partial charge in [0.15, 0.2) is 0 Å². The van der Waals surface area contributed by atoms with Crippen LogP contribution in [0.1, 0.15) is 39.9 Å². The van der Waals surface area contributed by atoms with Crippen LogP contribution in [-0.2, 0) is 11.3 Å². The number of nitrogens with two attached hydrogens (primary N) is 1. The topological polar surface area (TPSA) is 94.1 Å². The molecule has 1 saturated heterocycles. The molecule has 0 saturated carbocycles. The Hall–Kier alpha value is -2.74. The first-order valence-corrected chi connectivity index (χ1v) is 9.42. The van der Waals surface area contributed by atoms with Gasteiger partial charge in [0.2, 0.25) is 5.91 Å². The quantitative estimate of drug-likeness (QED) is 0.747. The van der Waals surface area contributed by atoms with Crippen LogP contribution >= 0.6 is 11.3 Å².